The third-order valence-electron chi connectivity index (χ3n) is 4.93. The maximum atomic E-state index is 5.91. The minimum Gasteiger partial charge on any atom is -0.501 e. The normalized spacial score (nSPS) is 37.3. The molecular formula is C14H16ClN3O. The highest BCUT2D eigenvalue weighted by molar-refractivity contribution is 6.28. The highest BCUT2D eigenvalue weighted by atomic mass is 35.5. The SMILES string of the molecule is CCO/C=C/c1cnc(Cl)nc1NC12CC3CC31C2. The number of halogens is 1. The number of rotatable bonds is 5. The fourth-order valence-corrected chi connectivity index (χ4v) is 3.90. The first-order chi connectivity index (χ1) is 9.19. The molecule has 3 atom stereocenters. The summed E-state index contributed by atoms with van der Waals surface area (Å²) in [5, 5.41) is 3.89. The van der Waals surface area contributed by atoms with Crippen LogP contribution in [0.2, 0.25) is 5.28 Å². The molecule has 0 aliphatic heterocycles. The van der Waals surface area contributed by atoms with Crippen molar-refractivity contribution in [3.05, 3.63) is 23.3 Å². The molecule has 3 saturated carbocycles. The summed E-state index contributed by atoms with van der Waals surface area (Å²) in [6.45, 7) is 2.61. The van der Waals surface area contributed by atoms with E-state index in [1.54, 1.807) is 12.5 Å². The number of nitrogens with zero attached hydrogens (tertiary/aromatic N) is 2. The minimum atomic E-state index is 0.286. The van der Waals surface area contributed by atoms with Crippen molar-refractivity contribution >= 4 is 23.5 Å². The number of hydrogen-bond donors (Lipinski definition) is 1. The van der Waals surface area contributed by atoms with Crippen LogP contribution in [0.1, 0.15) is 31.7 Å². The summed E-state index contributed by atoms with van der Waals surface area (Å²) in [5.41, 5.74) is 1.85. The molecule has 5 heteroatoms. The lowest BCUT2D eigenvalue weighted by molar-refractivity contribution is 0.272. The van der Waals surface area contributed by atoms with Gasteiger partial charge in [0.1, 0.15) is 5.82 Å². The summed E-state index contributed by atoms with van der Waals surface area (Å²) >= 11 is 5.91. The van der Waals surface area contributed by atoms with Crippen molar-refractivity contribution in [1.29, 1.82) is 0 Å². The molecule has 0 amide bonds. The predicted molar refractivity (Wildman–Crippen MR) is 73.8 cm³/mol. The van der Waals surface area contributed by atoms with Crippen LogP contribution >= 0.6 is 11.6 Å². The summed E-state index contributed by atoms with van der Waals surface area (Å²) in [6.07, 6.45) is 9.27. The molecule has 1 heterocycles. The zero-order valence-corrected chi connectivity index (χ0v) is 11.6. The van der Waals surface area contributed by atoms with E-state index in [2.05, 4.69) is 15.3 Å². The summed E-state index contributed by atoms with van der Waals surface area (Å²) in [5.74, 6) is 1.80. The molecule has 1 aromatic rings. The second-order valence-corrected chi connectivity index (χ2v) is 6.18. The molecule has 1 aromatic heterocycles. The van der Waals surface area contributed by atoms with Crippen LogP contribution in [0, 0.1) is 11.3 Å². The largest absolute Gasteiger partial charge is 0.501 e. The Labute approximate surface area is 117 Å². The van der Waals surface area contributed by atoms with Gasteiger partial charge in [0.05, 0.1) is 12.9 Å². The van der Waals surface area contributed by atoms with Crippen LogP contribution in [-0.4, -0.2) is 22.1 Å². The molecule has 3 aliphatic carbocycles. The van der Waals surface area contributed by atoms with Gasteiger partial charge >= 0.3 is 0 Å². The first kappa shape index (κ1) is 11.5. The standard InChI is InChI=1S/C14H16ClN3O/c1-2-19-4-3-9-7-16-12(15)17-11(9)18-14-6-10-5-13(10,14)8-14/h3-4,7,10H,2,5-6,8H2,1H3,(H,16,17,18)/b4-3+. The Kier molecular flexibility index (Phi) is 2.20. The smallest absolute Gasteiger partial charge is 0.224 e. The first-order valence-electron chi connectivity index (χ1n) is 6.78. The zero-order valence-electron chi connectivity index (χ0n) is 10.8. The Hall–Kier alpha value is -1.29. The Morgan fingerprint density at radius 1 is 1.58 bits per heavy atom. The van der Waals surface area contributed by atoms with Crippen molar-refractivity contribution in [3.8, 4) is 0 Å². The number of aromatic nitrogens is 2. The van der Waals surface area contributed by atoms with Gasteiger partial charge in [-0.3, -0.25) is 0 Å². The Morgan fingerprint density at radius 3 is 3.11 bits per heavy atom. The van der Waals surface area contributed by atoms with E-state index in [9.17, 15) is 0 Å². The lowest BCUT2D eigenvalue weighted by atomic mass is 9.93. The van der Waals surface area contributed by atoms with Crippen molar-refractivity contribution in [2.45, 2.75) is 31.7 Å². The Morgan fingerprint density at radius 2 is 2.47 bits per heavy atom. The lowest BCUT2D eigenvalue weighted by Crippen LogP contribution is -2.33. The molecular weight excluding hydrogens is 262 g/mol. The van der Waals surface area contributed by atoms with E-state index in [1.807, 2.05) is 13.0 Å². The third-order valence-corrected chi connectivity index (χ3v) is 5.11. The van der Waals surface area contributed by atoms with Crippen LogP contribution in [0.3, 0.4) is 0 Å². The van der Waals surface area contributed by atoms with Crippen molar-refractivity contribution in [2.75, 3.05) is 11.9 Å². The van der Waals surface area contributed by atoms with Crippen LogP contribution in [0.5, 0.6) is 0 Å². The lowest BCUT2D eigenvalue weighted by Gasteiger charge is -2.27. The van der Waals surface area contributed by atoms with Crippen LogP contribution in [0.25, 0.3) is 6.08 Å². The average molecular weight is 278 g/mol. The van der Waals surface area contributed by atoms with Crippen LogP contribution in [0.4, 0.5) is 5.82 Å². The number of ether oxygens (including phenoxy) is 1. The van der Waals surface area contributed by atoms with Gasteiger partial charge in [-0.15, -0.1) is 0 Å². The van der Waals surface area contributed by atoms with Crippen molar-refractivity contribution < 1.29 is 4.74 Å². The fraction of sp³-hybridized carbons (Fsp3) is 0.571. The van der Waals surface area contributed by atoms with Crippen molar-refractivity contribution in [2.24, 2.45) is 11.3 Å². The Balaban J connectivity index is 1.57. The topological polar surface area (TPSA) is 47.0 Å². The third kappa shape index (κ3) is 1.52. The van der Waals surface area contributed by atoms with E-state index >= 15 is 0 Å². The molecule has 0 saturated heterocycles. The van der Waals surface area contributed by atoms with E-state index in [0.717, 1.165) is 17.3 Å². The van der Waals surface area contributed by atoms with Gasteiger partial charge in [-0.1, -0.05) is 0 Å². The second kappa shape index (κ2) is 3.63. The van der Waals surface area contributed by atoms with Crippen molar-refractivity contribution in [3.63, 3.8) is 0 Å². The van der Waals surface area contributed by atoms with Gasteiger partial charge in [0, 0.05) is 17.3 Å². The number of hydrogen-bond acceptors (Lipinski definition) is 4. The monoisotopic (exact) mass is 277 g/mol. The number of anilines is 1. The molecule has 3 aliphatic rings. The van der Waals surface area contributed by atoms with E-state index in [0.29, 0.717) is 17.6 Å². The van der Waals surface area contributed by atoms with Gasteiger partial charge in [0.2, 0.25) is 5.28 Å². The van der Waals surface area contributed by atoms with E-state index in [1.165, 1.54) is 19.3 Å². The molecule has 3 fully saturated rings. The van der Waals surface area contributed by atoms with Gasteiger partial charge in [0.15, 0.2) is 0 Å². The molecule has 1 N–H and O–H groups in total. The van der Waals surface area contributed by atoms with Crippen LogP contribution in [-0.2, 0) is 4.74 Å². The average Bonchev–Trinajstić information content (AvgIpc) is 3.15. The summed E-state index contributed by atoms with van der Waals surface area (Å²) in [6, 6.07) is 0. The number of nitrogens with one attached hydrogen (secondary N) is 1. The molecule has 19 heavy (non-hydrogen) atoms. The summed E-state index contributed by atoms with van der Waals surface area (Å²) in [7, 11) is 0. The molecule has 4 nitrogen and oxygen atoms in total. The highest BCUT2D eigenvalue weighted by Gasteiger charge is 2.89. The predicted octanol–water partition coefficient (Wildman–Crippen LogP) is 3.10. The summed E-state index contributed by atoms with van der Waals surface area (Å²) < 4.78 is 5.23. The first-order valence-corrected chi connectivity index (χ1v) is 7.16. The quantitative estimate of drug-likeness (QED) is 0.664. The van der Waals surface area contributed by atoms with Crippen LogP contribution in [0.15, 0.2) is 12.5 Å². The van der Waals surface area contributed by atoms with Gasteiger partial charge in [0.25, 0.3) is 0 Å². The second-order valence-electron chi connectivity index (χ2n) is 5.85. The molecule has 0 bridgehead atoms. The van der Waals surface area contributed by atoms with Gasteiger partial charge < -0.3 is 10.1 Å². The Bertz CT molecular complexity index is 572. The van der Waals surface area contributed by atoms with Gasteiger partial charge in [-0.2, -0.15) is 0 Å². The molecule has 4 rings (SSSR count). The fourth-order valence-electron chi connectivity index (χ4n) is 3.77. The van der Waals surface area contributed by atoms with E-state index in [4.69, 9.17) is 16.3 Å². The van der Waals surface area contributed by atoms with Gasteiger partial charge in [-0.25, -0.2) is 9.97 Å². The maximum absolute atomic E-state index is 5.91. The van der Waals surface area contributed by atoms with E-state index in [-0.39, 0.29) is 5.28 Å². The maximum Gasteiger partial charge on any atom is 0.224 e. The molecule has 0 aromatic carbocycles. The van der Waals surface area contributed by atoms with Crippen molar-refractivity contribution in [1.82, 2.24) is 9.97 Å². The van der Waals surface area contributed by atoms with Gasteiger partial charge in [-0.05, 0) is 55.2 Å². The molecule has 1 spiro atoms. The zero-order chi connectivity index (χ0) is 13.1. The highest BCUT2D eigenvalue weighted by Crippen LogP contribution is 2.89. The molecule has 100 valence electrons. The summed E-state index contributed by atoms with van der Waals surface area (Å²) in [4.78, 5) is 8.37. The minimum absolute atomic E-state index is 0.286. The van der Waals surface area contributed by atoms with E-state index < -0.39 is 0 Å². The molecule has 0 radical (unpaired) electrons. The molecule has 3 unspecified atom stereocenters. The van der Waals surface area contributed by atoms with Crippen LogP contribution < -0.4 is 5.32 Å².